The van der Waals surface area contributed by atoms with Gasteiger partial charge in [-0.1, -0.05) is 30.3 Å². The smallest absolute Gasteiger partial charge is 0.274 e. The maximum Gasteiger partial charge on any atom is 0.274 e. The Bertz CT molecular complexity index is 749. The number of aryl methyl sites for hydroxylation is 1. The van der Waals surface area contributed by atoms with Crippen molar-refractivity contribution in [3.63, 3.8) is 0 Å². The van der Waals surface area contributed by atoms with E-state index in [1.807, 2.05) is 30.0 Å². The fraction of sp³-hybridized carbons (Fsp3) is 0.389. The first-order valence-electron chi connectivity index (χ1n) is 8.31. The third-order valence-corrected chi connectivity index (χ3v) is 4.29. The Hall–Kier alpha value is -2.47. The van der Waals surface area contributed by atoms with Crippen LogP contribution in [0.25, 0.3) is 0 Å². The molecule has 3 rings (SSSR count). The summed E-state index contributed by atoms with van der Waals surface area (Å²) in [7, 11) is 0. The van der Waals surface area contributed by atoms with Crippen molar-refractivity contribution in [2.75, 3.05) is 26.2 Å². The van der Waals surface area contributed by atoms with Gasteiger partial charge in [-0.2, -0.15) is 5.10 Å². The van der Waals surface area contributed by atoms with Gasteiger partial charge in [0.2, 0.25) is 0 Å². The van der Waals surface area contributed by atoms with Gasteiger partial charge < -0.3 is 4.90 Å². The molecule has 0 saturated carbocycles. The van der Waals surface area contributed by atoms with Gasteiger partial charge in [-0.3, -0.25) is 14.5 Å². The van der Waals surface area contributed by atoms with Crippen LogP contribution in [-0.4, -0.2) is 51.7 Å². The van der Waals surface area contributed by atoms with E-state index in [1.165, 1.54) is 22.4 Å². The molecule has 0 atom stereocenters. The summed E-state index contributed by atoms with van der Waals surface area (Å²) in [5, 5.41) is 4.15. The van der Waals surface area contributed by atoms with Gasteiger partial charge >= 0.3 is 0 Å². The number of amides is 1. The molecule has 1 aliphatic heterocycles. The van der Waals surface area contributed by atoms with Crippen molar-refractivity contribution in [3.8, 4) is 0 Å². The zero-order chi connectivity index (χ0) is 16.9. The average Bonchev–Trinajstić information content (AvgIpc) is 2.63. The van der Waals surface area contributed by atoms with Gasteiger partial charge in [-0.15, -0.1) is 0 Å². The molecule has 1 amide bonds. The number of aromatic nitrogens is 2. The van der Waals surface area contributed by atoms with E-state index in [-0.39, 0.29) is 11.5 Å². The van der Waals surface area contributed by atoms with Crippen molar-refractivity contribution in [2.24, 2.45) is 0 Å². The number of benzene rings is 1. The third kappa shape index (κ3) is 3.71. The minimum atomic E-state index is -0.179. The highest BCUT2D eigenvalue weighted by atomic mass is 16.2. The second kappa shape index (κ2) is 7.40. The van der Waals surface area contributed by atoms with E-state index in [0.29, 0.717) is 25.3 Å². The van der Waals surface area contributed by atoms with Crippen molar-refractivity contribution in [2.45, 2.75) is 20.0 Å². The van der Waals surface area contributed by atoms with Gasteiger partial charge in [0, 0.05) is 45.3 Å². The van der Waals surface area contributed by atoms with E-state index in [0.717, 1.165) is 19.6 Å². The van der Waals surface area contributed by atoms with Gasteiger partial charge in [0.05, 0.1) is 0 Å². The fourth-order valence-corrected chi connectivity index (χ4v) is 2.90. The van der Waals surface area contributed by atoms with E-state index < -0.39 is 0 Å². The predicted octanol–water partition coefficient (Wildman–Crippen LogP) is 1.22. The van der Waals surface area contributed by atoms with E-state index >= 15 is 0 Å². The normalized spacial score (nSPS) is 15.5. The third-order valence-electron chi connectivity index (χ3n) is 4.29. The molecule has 0 bridgehead atoms. The van der Waals surface area contributed by atoms with Gasteiger partial charge in [-0.05, 0) is 18.6 Å². The summed E-state index contributed by atoms with van der Waals surface area (Å²) in [5.41, 5.74) is 1.45. The number of hydrogen-bond acceptors (Lipinski definition) is 4. The first-order chi connectivity index (χ1) is 11.7. The van der Waals surface area contributed by atoms with Crippen LogP contribution in [0.2, 0.25) is 0 Å². The molecule has 6 nitrogen and oxygen atoms in total. The molecule has 0 aliphatic carbocycles. The maximum absolute atomic E-state index is 12.6. The van der Waals surface area contributed by atoms with Gasteiger partial charge in [0.15, 0.2) is 0 Å². The molecule has 1 aromatic carbocycles. The Balaban J connectivity index is 1.60. The Kier molecular flexibility index (Phi) is 5.05. The SMILES string of the molecule is CCn1nc(C(=O)N2CCN(Cc3ccccc3)CC2)ccc1=O. The molecule has 0 radical (unpaired) electrons. The molecule has 126 valence electrons. The molecule has 24 heavy (non-hydrogen) atoms. The highest BCUT2D eigenvalue weighted by Crippen LogP contribution is 2.10. The Morgan fingerprint density at radius 3 is 2.42 bits per heavy atom. The van der Waals surface area contributed by atoms with Crippen LogP contribution >= 0.6 is 0 Å². The molecule has 6 heteroatoms. The maximum atomic E-state index is 12.6. The number of rotatable bonds is 4. The van der Waals surface area contributed by atoms with Crippen LogP contribution in [0.5, 0.6) is 0 Å². The standard InChI is InChI=1S/C18H22N4O2/c1-2-22-17(23)9-8-16(19-22)18(24)21-12-10-20(11-13-21)14-15-6-4-3-5-7-15/h3-9H,2,10-14H2,1H3. The molecular formula is C18H22N4O2. The number of carbonyl (C=O) groups is 1. The van der Waals surface area contributed by atoms with Gasteiger partial charge in [0.1, 0.15) is 5.69 Å². The summed E-state index contributed by atoms with van der Waals surface area (Å²) in [4.78, 5) is 28.3. The molecule has 0 spiro atoms. The van der Waals surface area contributed by atoms with E-state index in [1.54, 1.807) is 0 Å². The van der Waals surface area contributed by atoms with Crippen LogP contribution in [0.15, 0.2) is 47.3 Å². The minimum absolute atomic E-state index is 0.100. The van der Waals surface area contributed by atoms with Crippen molar-refractivity contribution < 1.29 is 4.79 Å². The van der Waals surface area contributed by atoms with E-state index in [4.69, 9.17) is 0 Å². The predicted molar refractivity (Wildman–Crippen MR) is 91.8 cm³/mol. The molecule has 1 aliphatic rings. The van der Waals surface area contributed by atoms with Crippen molar-refractivity contribution >= 4 is 5.91 Å². The lowest BCUT2D eigenvalue weighted by atomic mass is 10.2. The van der Waals surface area contributed by atoms with E-state index in [2.05, 4.69) is 22.1 Å². The highest BCUT2D eigenvalue weighted by Gasteiger charge is 2.23. The number of nitrogens with zero attached hydrogens (tertiary/aromatic N) is 4. The first-order valence-corrected chi connectivity index (χ1v) is 8.31. The Labute approximate surface area is 141 Å². The summed E-state index contributed by atoms with van der Waals surface area (Å²) >= 11 is 0. The van der Waals surface area contributed by atoms with Crippen LogP contribution in [0, 0.1) is 0 Å². The molecule has 0 unspecified atom stereocenters. The van der Waals surface area contributed by atoms with Crippen LogP contribution in [-0.2, 0) is 13.1 Å². The van der Waals surface area contributed by atoms with Crippen LogP contribution in [0.3, 0.4) is 0 Å². The fourth-order valence-electron chi connectivity index (χ4n) is 2.90. The summed E-state index contributed by atoms with van der Waals surface area (Å²) in [6, 6.07) is 13.3. The average molecular weight is 326 g/mol. The van der Waals surface area contributed by atoms with Crippen molar-refractivity contribution in [1.29, 1.82) is 0 Å². The minimum Gasteiger partial charge on any atom is -0.335 e. The number of carbonyl (C=O) groups excluding carboxylic acids is 1. The molecule has 2 heterocycles. The zero-order valence-corrected chi connectivity index (χ0v) is 13.9. The Morgan fingerprint density at radius 2 is 1.75 bits per heavy atom. The van der Waals surface area contributed by atoms with Gasteiger partial charge in [-0.25, -0.2) is 4.68 Å². The largest absolute Gasteiger partial charge is 0.335 e. The second-order valence-corrected chi connectivity index (χ2v) is 5.93. The van der Waals surface area contributed by atoms with Crippen LogP contribution in [0.1, 0.15) is 23.0 Å². The Morgan fingerprint density at radius 1 is 1.04 bits per heavy atom. The van der Waals surface area contributed by atoms with Crippen molar-refractivity contribution in [1.82, 2.24) is 19.6 Å². The lowest BCUT2D eigenvalue weighted by molar-refractivity contribution is 0.0620. The lowest BCUT2D eigenvalue weighted by Gasteiger charge is -2.34. The quantitative estimate of drug-likeness (QED) is 0.848. The monoisotopic (exact) mass is 326 g/mol. The van der Waals surface area contributed by atoms with E-state index in [9.17, 15) is 9.59 Å². The number of hydrogen-bond donors (Lipinski definition) is 0. The topological polar surface area (TPSA) is 58.4 Å². The zero-order valence-electron chi connectivity index (χ0n) is 13.9. The summed E-state index contributed by atoms with van der Waals surface area (Å²) < 4.78 is 1.32. The molecule has 0 N–H and O–H groups in total. The van der Waals surface area contributed by atoms with Crippen LogP contribution in [0.4, 0.5) is 0 Å². The first kappa shape index (κ1) is 16.4. The lowest BCUT2D eigenvalue weighted by Crippen LogP contribution is -2.48. The highest BCUT2D eigenvalue weighted by molar-refractivity contribution is 5.92. The summed E-state index contributed by atoms with van der Waals surface area (Å²) in [6.45, 7) is 6.25. The number of piperazine rings is 1. The molecular weight excluding hydrogens is 304 g/mol. The molecule has 2 aromatic rings. The van der Waals surface area contributed by atoms with Crippen molar-refractivity contribution in [3.05, 3.63) is 64.1 Å². The molecule has 1 aromatic heterocycles. The summed E-state index contributed by atoms with van der Waals surface area (Å²) in [6.07, 6.45) is 0. The summed E-state index contributed by atoms with van der Waals surface area (Å²) in [5.74, 6) is -0.100. The molecule has 1 fully saturated rings. The second-order valence-electron chi connectivity index (χ2n) is 5.93. The van der Waals surface area contributed by atoms with Gasteiger partial charge in [0.25, 0.3) is 11.5 Å². The van der Waals surface area contributed by atoms with Crippen LogP contribution < -0.4 is 5.56 Å². The molecule has 1 saturated heterocycles.